The molecule has 1 atom stereocenters. The van der Waals surface area contributed by atoms with E-state index in [-0.39, 0.29) is 59.1 Å². The van der Waals surface area contributed by atoms with E-state index in [0.717, 1.165) is 0 Å². The number of likely N-dealkylation sites (tertiary alicyclic amines) is 1. The van der Waals surface area contributed by atoms with Gasteiger partial charge < -0.3 is 0 Å². The van der Waals surface area contributed by atoms with Gasteiger partial charge in [0.25, 0.3) is 0 Å². The maximum atomic E-state index is 4.14. The minimum Gasteiger partial charge on any atom is -0.299 e. The molecule has 1 fully saturated rings. The van der Waals surface area contributed by atoms with Gasteiger partial charge in [0.2, 0.25) is 0 Å². The van der Waals surface area contributed by atoms with Crippen LogP contribution in [-0.4, -0.2) is 82.6 Å². The third-order valence-corrected chi connectivity index (χ3v) is 2.59. The Morgan fingerprint density at radius 1 is 1.43 bits per heavy atom. The quantitative estimate of drug-likeness (QED) is 0.642. The average Bonchev–Trinajstić information content (AvgIpc) is 2.53. The monoisotopic (exact) mass is 208 g/mol. The molecule has 2 rings (SSSR count). The fraction of sp³-hybridized carbons (Fsp3) is 0.500. The molecule has 0 bridgehead atoms. The summed E-state index contributed by atoms with van der Waals surface area (Å²) in [4.78, 5) is 6.54. The van der Waals surface area contributed by atoms with E-state index in [1.807, 2.05) is 18.5 Å². The van der Waals surface area contributed by atoms with E-state index in [4.69, 9.17) is 0 Å². The average molecular weight is 208 g/mol. The van der Waals surface area contributed by atoms with E-state index in [1.54, 1.807) is 0 Å². The Kier molecular flexibility index (Phi) is 7.98. The third-order valence-electron chi connectivity index (χ3n) is 2.59. The Morgan fingerprint density at radius 2 is 2.21 bits per heavy atom. The zero-order valence-corrected chi connectivity index (χ0v) is 13.4. The van der Waals surface area contributed by atoms with Crippen LogP contribution >= 0.6 is 0 Å². The van der Waals surface area contributed by atoms with E-state index in [9.17, 15) is 0 Å². The van der Waals surface area contributed by atoms with Crippen molar-refractivity contribution in [1.29, 1.82) is 0 Å². The van der Waals surface area contributed by atoms with Crippen LogP contribution in [-0.2, 0) is 0 Å². The van der Waals surface area contributed by atoms with Gasteiger partial charge in [-0.15, -0.1) is 0 Å². The van der Waals surface area contributed by atoms with E-state index in [2.05, 4.69) is 23.0 Å². The number of nitrogens with zero attached hydrogens (tertiary/aromatic N) is 2. The topological polar surface area (TPSA) is 16.1 Å². The molecule has 14 heavy (non-hydrogen) atoms. The Bertz CT molecular complexity index is 254. The van der Waals surface area contributed by atoms with Crippen molar-refractivity contribution in [1.82, 2.24) is 9.88 Å². The molecule has 1 unspecified atom stereocenters. The van der Waals surface area contributed by atoms with Crippen LogP contribution < -0.4 is 0 Å². The summed E-state index contributed by atoms with van der Waals surface area (Å²) in [7, 11) is 2.19. The molecular weight excluding hydrogens is 194 g/mol. The van der Waals surface area contributed by atoms with E-state index in [1.165, 1.54) is 24.9 Å². The molecule has 0 amide bonds. The van der Waals surface area contributed by atoms with Crippen molar-refractivity contribution >= 4 is 59.1 Å². The van der Waals surface area contributed by atoms with Gasteiger partial charge in [-0.3, -0.25) is 9.88 Å². The number of pyridine rings is 1. The minimum absolute atomic E-state index is 0. The van der Waals surface area contributed by atoms with E-state index >= 15 is 0 Å². The van der Waals surface area contributed by atoms with Crippen molar-refractivity contribution < 1.29 is 0 Å². The second-order valence-corrected chi connectivity index (χ2v) is 3.42. The van der Waals surface area contributed by atoms with Crippen molar-refractivity contribution in [3.63, 3.8) is 0 Å². The van der Waals surface area contributed by atoms with Crippen molar-refractivity contribution in [2.45, 2.75) is 18.9 Å². The van der Waals surface area contributed by atoms with Crippen LogP contribution in [0.5, 0.6) is 0 Å². The molecule has 66 valence electrons. The summed E-state index contributed by atoms with van der Waals surface area (Å²) in [6.45, 7) is 1.22. The van der Waals surface area contributed by atoms with Gasteiger partial charge in [0.15, 0.2) is 0 Å². The molecule has 2 nitrogen and oxygen atoms in total. The maximum absolute atomic E-state index is 4.14. The van der Waals surface area contributed by atoms with Crippen molar-refractivity contribution in [3.05, 3.63) is 30.1 Å². The van der Waals surface area contributed by atoms with Crippen LogP contribution in [0.25, 0.3) is 0 Å². The predicted molar refractivity (Wildman–Crippen MR) is 60.4 cm³/mol. The number of hydrogen-bond donors (Lipinski definition) is 0. The second-order valence-electron chi connectivity index (χ2n) is 3.42. The Hall–Kier alpha value is 1.11. The summed E-state index contributed by atoms with van der Waals surface area (Å²) in [6, 6.07) is 4.79. The van der Waals surface area contributed by atoms with Crippen LogP contribution in [0.1, 0.15) is 24.4 Å². The van der Waals surface area contributed by atoms with Gasteiger partial charge in [0, 0.05) is 77.6 Å². The van der Waals surface area contributed by atoms with Gasteiger partial charge in [-0.05, 0) is 38.1 Å². The molecule has 1 saturated heterocycles. The summed E-state index contributed by atoms with van der Waals surface area (Å²) in [5, 5.41) is 0. The largest absolute Gasteiger partial charge is 0.299 e. The minimum atomic E-state index is 0. The molecule has 2 heterocycles. The van der Waals surface area contributed by atoms with Gasteiger partial charge in [0.05, 0.1) is 0 Å². The fourth-order valence-electron chi connectivity index (χ4n) is 1.90. The summed E-state index contributed by atoms with van der Waals surface area (Å²) in [5.74, 6) is 0. The molecule has 0 N–H and O–H groups in total. The first-order valence-electron chi connectivity index (χ1n) is 4.48. The van der Waals surface area contributed by atoms with Gasteiger partial charge in [-0.2, -0.15) is 0 Å². The molecule has 0 aromatic carbocycles. The summed E-state index contributed by atoms with van der Waals surface area (Å²) in [5.41, 5.74) is 1.36. The van der Waals surface area contributed by atoms with Crippen LogP contribution in [0.15, 0.2) is 24.5 Å². The summed E-state index contributed by atoms with van der Waals surface area (Å²) >= 11 is 0. The van der Waals surface area contributed by atoms with Crippen LogP contribution in [0, 0.1) is 0 Å². The molecule has 1 aromatic heterocycles. The predicted octanol–water partition coefficient (Wildman–Crippen LogP) is 1.09. The molecule has 0 saturated carbocycles. The first-order valence-corrected chi connectivity index (χ1v) is 4.48. The van der Waals surface area contributed by atoms with Crippen LogP contribution in [0.4, 0.5) is 0 Å². The number of rotatable bonds is 1. The molecule has 1 aliphatic heterocycles. The normalized spacial score (nSPS) is 21.1. The first kappa shape index (κ1) is 15.1. The number of aromatic nitrogens is 1. The standard InChI is InChI=1S/C10H14N2.2Na/c1-12-7-3-5-10(12)9-4-2-6-11-8-9;;/h2,4,6,8,10H,3,5,7H2,1H3;;. The van der Waals surface area contributed by atoms with Gasteiger partial charge >= 0.3 is 0 Å². The third kappa shape index (κ3) is 3.60. The first-order chi connectivity index (χ1) is 5.88. The van der Waals surface area contributed by atoms with Crippen molar-refractivity contribution in [3.8, 4) is 0 Å². The van der Waals surface area contributed by atoms with Gasteiger partial charge in [0.1, 0.15) is 0 Å². The Balaban J connectivity index is 0.000000845. The van der Waals surface area contributed by atoms with Crippen LogP contribution in [0.2, 0.25) is 0 Å². The summed E-state index contributed by atoms with van der Waals surface area (Å²) in [6.07, 6.45) is 6.41. The van der Waals surface area contributed by atoms with Gasteiger partial charge in [-0.25, -0.2) is 0 Å². The zero-order valence-electron chi connectivity index (χ0n) is 9.40. The maximum Gasteiger partial charge on any atom is 0.0360 e. The second kappa shape index (κ2) is 7.39. The number of hydrogen-bond acceptors (Lipinski definition) is 2. The van der Waals surface area contributed by atoms with Crippen molar-refractivity contribution in [2.24, 2.45) is 0 Å². The molecule has 1 aromatic rings. The SMILES string of the molecule is CN1CCCC1c1cccnc1.[Na].[Na]. The zero-order chi connectivity index (χ0) is 8.39. The van der Waals surface area contributed by atoms with Gasteiger partial charge in [-0.1, -0.05) is 6.07 Å². The smallest absolute Gasteiger partial charge is 0.0360 e. The summed E-state index contributed by atoms with van der Waals surface area (Å²) < 4.78 is 0. The Labute approximate surface area is 130 Å². The molecule has 1 aliphatic rings. The van der Waals surface area contributed by atoms with Crippen LogP contribution in [0.3, 0.4) is 0 Å². The molecule has 0 spiro atoms. The molecule has 0 aliphatic carbocycles. The van der Waals surface area contributed by atoms with Crippen molar-refractivity contribution in [2.75, 3.05) is 13.6 Å². The molecule has 4 heteroatoms. The van der Waals surface area contributed by atoms with E-state index < -0.39 is 0 Å². The van der Waals surface area contributed by atoms with E-state index in [0.29, 0.717) is 6.04 Å². The molecular formula is C10H14N2Na2. The Morgan fingerprint density at radius 3 is 2.71 bits per heavy atom. The molecule has 2 radical (unpaired) electrons. The fourth-order valence-corrected chi connectivity index (χ4v) is 1.90.